The van der Waals surface area contributed by atoms with Gasteiger partial charge in [0.1, 0.15) is 0 Å². The Bertz CT molecular complexity index is 1240. The summed E-state index contributed by atoms with van der Waals surface area (Å²) in [5, 5.41) is 3.38. The largest absolute Gasteiger partial charge is 0.493 e. The molecular formula is C23H20N4O2. The summed E-state index contributed by atoms with van der Waals surface area (Å²) >= 11 is 0. The first-order valence-corrected chi connectivity index (χ1v) is 9.38. The number of nitrogens with zero attached hydrogens (tertiary/aromatic N) is 3. The molecule has 0 saturated heterocycles. The van der Waals surface area contributed by atoms with Gasteiger partial charge < -0.3 is 19.2 Å². The Morgan fingerprint density at radius 2 is 1.93 bits per heavy atom. The average molecular weight is 384 g/mol. The minimum absolute atomic E-state index is 0.652. The summed E-state index contributed by atoms with van der Waals surface area (Å²) in [4.78, 5) is 9.33. The van der Waals surface area contributed by atoms with Crippen LogP contribution in [-0.4, -0.2) is 28.6 Å². The number of hydrogen-bond donors (Lipinski definition) is 1. The molecular weight excluding hydrogens is 364 g/mol. The second kappa shape index (κ2) is 6.98. The van der Waals surface area contributed by atoms with E-state index in [2.05, 4.69) is 40.7 Å². The third-order valence-electron chi connectivity index (χ3n) is 5.09. The maximum absolute atomic E-state index is 5.41. The van der Waals surface area contributed by atoms with Crippen molar-refractivity contribution in [2.75, 3.05) is 19.5 Å². The third-order valence-corrected chi connectivity index (χ3v) is 5.09. The minimum atomic E-state index is 0.652. The summed E-state index contributed by atoms with van der Waals surface area (Å²) in [5.74, 6) is 2.01. The van der Waals surface area contributed by atoms with E-state index in [1.165, 1.54) is 11.1 Å². The van der Waals surface area contributed by atoms with Gasteiger partial charge in [0.15, 0.2) is 23.0 Å². The molecule has 144 valence electrons. The van der Waals surface area contributed by atoms with E-state index < -0.39 is 0 Å². The Labute approximate surface area is 168 Å². The van der Waals surface area contributed by atoms with Crippen molar-refractivity contribution in [3.8, 4) is 22.8 Å². The Kier molecular flexibility index (Phi) is 4.17. The van der Waals surface area contributed by atoms with E-state index in [9.17, 15) is 0 Å². The predicted octanol–water partition coefficient (Wildman–Crippen LogP) is 4.73. The molecule has 0 saturated carbocycles. The molecule has 0 radical (unpaired) electrons. The standard InChI is InChI=1S/C23H20N4O2/c1-28-20-9-8-18(13-21(20)29-2)25-22-23-24-10-11-27(23)14-19(26-22)17-7-6-15-4-3-5-16(15)12-17/h3-4,6-14H,5H2,1-2H3,(H,25,26). The number of anilines is 2. The van der Waals surface area contributed by atoms with Gasteiger partial charge in [-0.3, -0.25) is 0 Å². The number of rotatable bonds is 5. The molecule has 2 aromatic carbocycles. The van der Waals surface area contributed by atoms with Crippen molar-refractivity contribution in [3.05, 3.63) is 72.2 Å². The van der Waals surface area contributed by atoms with Crippen molar-refractivity contribution in [1.29, 1.82) is 0 Å². The number of hydrogen-bond acceptors (Lipinski definition) is 5. The van der Waals surface area contributed by atoms with Crippen LogP contribution in [0, 0.1) is 0 Å². The summed E-state index contributed by atoms with van der Waals surface area (Å²) in [5.41, 5.74) is 6.17. The van der Waals surface area contributed by atoms with Crippen LogP contribution in [0.25, 0.3) is 23.0 Å². The summed E-state index contributed by atoms with van der Waals surface area (Å²) in [7, 11) is 3.24. The van der Waals surface area contributed by atoms with Gasteiger partial charge in [-0.1, -0.05) is 24.3 Å². The molecule has 5 rings (SSSR count). The van der Waals surface area contributed by atoms with E-state index in [1.54, 1.807) is 20.4 Å². The number of benzene rings is 2. The maximum atomic E-state index is 5.41. The molecule has 1 aliphatic carbocycles. The highest BCUT2D eigenvalue weighted by atomic mass is 16.5. The van der Waals surface area contributed by atoms with Gasteiger partial charge in [-0.25, -0.2) is 9.97 Å². The smallest absolute Gasteiger partial charge is 0.180 e. The molecule has 29 heavy (non-hydrogen) atoms. The van der Waals surface area contributed by atoms with Gasteiger partial charge in [0, 0.05) is 35.9 Å². The molecule has 0 aliphatic heterocycles. The molecule has 0 fully saturated rings. The lowest BCUT2D eigenvalue weighted by Crippen LogP contribution is -2.01. The van der Waals surface area contributed by atoms with E-state index in [1.807, 2.05) is 35.0 Å². The molecule has 2 aromatic heterocycles. The molecule has 1 N–H and O–H groups in total. The zero-order valence-electron chi connectivity index (χ0n) is 16.2. The molecule has 1 aliphatic rings. The van der Waals surface area contributed by atoms with Crippen LogP contribution >= 0.6 is 0 Å². The van der Waals surface area contributed by atoms with Gasteiger partial charge in [0.05, 0.1) is 19.9 Å². The van der Waals surface area contributed by atoms with Crippen LogP contribution < -0.4 is 14.8 Å². The fourth-order valence-electron chi connectivity index (χ4n) is 3.62. The highest BCUT2D eigenvalue weighted by Gasteiger charge is 2.13. The molecule has 2 heterocycles. The van der Waals surface area contributed by atoms with E-state index >= 15 is 0 Å². The predicted molar refractivity (Wildman–Crippen MR) is 114 cm³/mol. The fourth-order valence-corrected chi connectivity index (χ4v) is 3.62. The lowest BCUT2D eigenvalue weighted by molar-refractivity contribution is 0.355. The Morgan fingerprint density at radius 3 is 2.79 bits per heavy atom. The topological polar surface area (TPSA) is 60.7 Å². The fraction of sp³-hybridized carbons (Fsp3) is 0.130. The molecule has 0 unspecified atom stereocenters. The third kappa shape index (κ3) is 3.08. The normalized spacial score (nSPS) is 12.2. The van der Waals surface area contributed by atoms with Crippen LogP contribution in [0.3, 0.4) is 0 Å². The summed E-state index contributed by atoms with van der Waals surface area (Å²) < 4.78 is 12.7. The molecule has 6 nitrogen and oxygen atoms in total. The monoisotopic (exact) mass is 384 g/mol. The number of aromatic nitrogens is 3. The van der Waals surface area contributed by atoms with Crippen molar-refractivity contribution in [2.45, 2.75) is 6.42 Å². The summed E-state index contributed by atoms with van der Waals surface area (Å²) in [6, 6.07) is 12.1. The van der Waals surface area contributed by atoms with Gasteiger partial charge in [0.2, 0.25) is 0 Å². The lowest BCUT2D eigenvalue weighted by Gasteiger charge is -2.13. The van der Waals surface area contributed by atoms with Gasteiger partial charge in [-0.2, -0.15) is 0 Å². The SMILES string of the molecule is COc1ccc(Nc2nc(-c3ccc4c(c3)CC=C4)cn3ccnc23)cc1OC. The average Bonchev–Trinajstić information content (AvgIpc) is 3.42. The quantitative estimate of drug-likeness (QED) is 0.539. The van der Waals surface area contributed by atoms with E-state index in [0.29, 0.717) is 17.3 Å². The Hall–Kier alpha value is -3.80. The van der Waals surface area contributed by atoms with Crippen molar-refractivity contribution in [3.63, 3.8) is 0 Å². The van der Waals surface area contributed by atoms with Crippen molar-refractivity contribution >= 4 is 23.2 Å². The van der Waals surface area contributed by atoms with Crippen LogP contribution in [-0.2, 0) is 6.42 Å². The Morgan fingerprint density at radius 1 is 1.03 bits per heavy atom. The van der Waals surface area contributed by atoms with Crippen LogP contribution in [0.4, 0.5) is 11.5 Å². The number of imidazole rings is 1. The van der Waals surface area contributed by atoms with E-state index in [4.69, 9.17) is 14.5 Å². The van der Waals surface area contributed by atoms with Gasteiger partial charge in [0.25, 0.3) is 0 Å². The lowest BCUT2D eigenvalue weighted by atomic mass is 10.0. The number of ether oxygens (including phenoxy) is 2. The molecule has 0 spiro atoms. The first-order chi connectivity index (χ1) is 14.2. The molecule has 0 atom stereocenters. The number of nitrogens with one attached hydrogen (secondary N) is 1. The van der Waals surface area contributed by atoms with Crippen molar-refractivity contribution in [2.24, 2.45) is 0 Å². The number of fused-ring (bicyclic) bond motifs is 2. The van der Waals surface area contributed by atoms with Gasteiger partial charge >= 0.3 is 0 Å². The number of methoxy groups -OCH3 is 2. The first kappa shape index (κ1) is 17.3. The molecule has 0 bridgehead atoms. The van der Waals surface area contributed by atoms with Crippen LogP contribution in [0.2, 0.25) is 0 Å². The summed E-state index contributed by atoms with van der Waals surface area (Å²) in [6.07, 6.45) is 11.0. The second-order valence-electron chi connectivity index (χ2n) is 6.85. The summed E-state index contributed by atoms with van der Waals surface area (Å²) in [6.45, 7) is 0. The van der Waals surface area contributed by atoms with Gasteiger partial charge in [-0.05, 0) is 35.7 Å². The van der Waals surface area contributed by atoms with Crippen molar-refractivity contribution in [1.82, 2.24) is 14.4 Å². The molecule has 6 heteroatoms. The maximum Gasteiger partial charge on any atom is 0.180 e. The van der Waals surface area contributed by atoms with Gasteiger partial charge in [-0.15, -0.1) is 0 Å². The second-order valence-corrected chi connectivity index (χ2v) is 6.85. The van der Waals surface area contributed by atoms with Crippen LogP contribution in [0.15, 0.2) is 61.1 Å². The zero-order valence-corrected chi connectivity index (χ0v) is 16.2. The van der Waals surface area contributed by atoms with Crippen molar-refractivity contribution < 1.29 is 9.47 Å². The highest BCUT2D eigenvalue weighted by molar-refractivity contribution is 5.75. The molecule has 0 amide bonds. The number of allylic oxidation sites excluding steroid dienone is 1. The zero-order chi connectivity index (χ0) is 19.8. The molecule has 4 aromatic rings. The van der Waals surface area contributed by atoms with Crippen LogP contribution in [0.1, 0.15) is 11.1 Å². The highest BCUT2D eigenvalue weighted by Crippen LogP contribution is 2.32. The first-order valence-electron chi connectivity index (χ1n) is 9.38. The van der Waals surface area contributed by atoms with Crippen LogP contribution in [0.5, 0.6) is 11.5 Å². The minimum Gasteiger partial charge on any atom is -0.493 e. The van der Waals surface area contributed by atoms with E-state index in [-0.39, 0.29) is 0 Å². The Balaban J connectivity index is 1.56. The van der Waals surface area contributed by atoms with E-state index in [0.717, 1.165) is 29.0 Å².